The largest absolute Gasteiger partial charge is 0.341 e. The Morgan fingerprint density at radius 3 is 2.70 bits per heavy atom. The minimum atomic E-state index is -0.0174. The van der Waals surface area contributed by atoms with Gasteiger partial charge in [-0.25, -0.2) is 0 Å². The molecule has 2 aromatic heterocycles. The second kappa shape index (κ2) is 6.77. The highest BCUT2D eigenvalue weighted by molar-refractivity contribution is 5.94. The van der Waals surface area contributed by atoms with Crippen molar-refractivity contribution in [2.75, 3.05) is 13.6 Å². The predicted molar refractivity (Wildman–Crippen MR) is 77.0 cm³/mol. The van der Waals surface area contributed by atoms with Gasteiger partial charge in [-0.1, -0.05) is 0 Å². The van der Waals surface area contributed by atoms with E-state index < -0.39 is 0 Å². The molecule has 0 spiro atoms. The summed E-state index contributed by atoms with van der Waals surface area (Å²) in [5, 5.41) is 0. The molecule has 2 rings (SSSR count). The van der Waals surface area contributed by atoms with Crippen molar-refractivity contribution in [3.05, 3.63) is 59.7 Å². The van der Waals surface area contributed by atoms with Crippen molar-refractivity contribution < 1.29 is 4.79 Å². The van der Waals surface area contributed by atoms with Gasteiger partial charge in [0.05, 0.1) is 5.69 Å². The van der Waals surface area contributed by atoms with Crippen LogP contribution in [0.15, 0.2) is 42.9 Å². The molecule has 2 heterocycles. The lowest BCUT2D eigenvalue weighted by Crippen LogP contribution is -2.29. The summed E-state index contributed by atoms with van der Waals surface area (Å²) in [5.41, 5.74) is 8.04. The molecular formula is C15H18N4O. The molecule has 1 amide bonds. The Balaban J connectivity index is 1.98. The van der Waals surface area contributed by atoms with Crippen molar-refractivity contribution in [1.82, 2.24) is 14.9 Å². The van der Waals surface area contributed by atoms with Crippen LogP contribution in [0, 0.1) is 0 Å². The van der Waals surface area contributed by atoms with Crippen LogP contribution in [0.25, 0.3) is 0 Å². The molecule has 0 fully saturated rings. The first kappa shape index (κ1) is 14.1. The number of nitrogens with zero attached hydrogens (tertiary/aromatic N) is 3. The third-order valence-corrected chi connectivity index (χ3v) is 3.10. The molecule has 20 heavy (non-hydrogen) atoms. The van der Waals surface area contributed by atoms with E-state index in [2.05, 4.69) is 9.97 Å². The van der Waals surface area contributed by atoms with Crippen LogP contribution >= 0.6 is 0 Å². The van der Waals surface area contributed by atoms with E-state index in [4.69, 9.17) is 5.73 Å². The van der Waals surface area contributed by atoms with Gasteiger partial charge in [-0.15, -0.1) is 0 Å². The third kappa shape index (κ3) is 3.61. The number of amides is 1. The van der Waals surface area contributed by atoms with Crippen molar-refractivity contribution in [3.63, 3.8) is 0 Å². The van der Waals surface area contributed by atoms with Crippen molar-refractivity contribution >= 4 is 5.91 Å². The number of nitrogens with two attached hydrogens (primary N) is 1. The first-order valence-electron chi connectivity index (χ1n) is 6.50. The second-order valence-corrected chi connectivity index (χ2v) is 4.57. The minimum Gasteiger partial charge on any atom is -0.341 e. The van der Waals surface area contributed by atoms with Gasteiger partial charge in [-0.3, -0.25) is 14.8 Å². The Labute approximate surface area is 118 Å². The second-order valence-electron chi connectivity index (χ2n) is 4.57. The molecule has 0 aliphatic rings. The molecule has 2 aromatic rings. The van der Waals surface area contributed by atoms with Crippen LogP contribution in [-0.2, 0) is 13.0 Å². The Morgan fingerprint density at radius 1 is 1.25 bits per heavy atom. The van der Waals surface area contributed by atoms with Crippen LogP contribution in [0.1, 0.15) is 21.6 Å². The van der Waals surface area contributed by atoms with Gasteiger partial charge in [0.1, 0.15) is 0 Å². The Kier molecular flexibility index (Phi) is 4.79. The van der Waals surface area contributed by atoms with Crippen LogP contribution in [0.4, 0.5) is 0 Å². The Hall–Kier alpha value is -2.27. The van der Waals surface area contributed by atoms with E-state index in [9.17, 15) is 4.79 Å². The van der Waals surface area contributed by atoms with Gasteiger partial charge in [0, 0.05) is 44.3 Å². The van der Waals surface area contributed by atoms with E-state index in [0.29, 0.717) is 18.7 Å². The molecular weight excluding hydrogens is 252 g/mol. The summed E-state index contributed by atoms with van der Waals surface area (Å²) >= 11 is 0. The predicted octanol–water partition coefficient (Wildman–Crippen LogP) is 1.25. The topological polar surface area (TPSA) is 72.1 Å². The standard InChI is InChI=1S/C15H18N4O/c1-19(9-5-12-2-6-17-7-3-12)15(20)13-4-8-18-14(10-13)11-16/h2-4,6-8,10H,5,9,11,16H2,1H3. The lowest BCUT2D eigenvalue weighted by molar-refractivity contribution is 0.0796. The summed E-state index contributed by atoms with van der Waals surface area (Å²) in [4.78, 5) is 22.0. The van der Waals surface area contributed by atoms with Gasteiger partial charge < -0.3 is 10.6 Å². The monoisotopic (exact) mass is 270 g/mol. The van der Waals surface area contributed by atoms with Gasteiger partial charge in [-0.2, -0.15) is 0 Å². The zero-order chi connectivity index (χ0) is 14.4. The maximum atomic E-state index is 12.3. The number of hydrogen-bond donors (Lipinski definition) is 1. The molecule has 5 heteroatoms. The maximum Gasteiger partial charge on any atom is 0.253 e. The zero-order valence-corrected chi connectivity index (χ0v) is 11.5. The summed E-state index contributed by atoms with van der Waals surface area (Å²) in [7, 11) is 1.80. The molecule has 0 aromatic carbocycles. The highest BCUT2D eigenvalue weighted by Crippen LogP contribution is 2.06. The average molecular weight is 270 g/mol. The molecule has 0 atom stereocenters. The number of carbonyl (C=O) groups excluding carboxylic acids is 1. The van der Waals surface area contributed by atoms with E-state index in [1.165, 1.54) is 0 Å². The number of aromatic nitrogens is 2. The maximum absolute atomic E-state index is 12.3. The fraction of sp³-hybridized carbons (Fsp3) is 0.267. The Bertz CT molecular complexity index is 571. The number of rotatable bonds is 5. The lowest BCUT2D eigenvalue weighted by Gasteiger charge is -2.17. The molecule has 104 valence electrons. The van der Waals surface area contributed by atoms with Gasteiger partial charge in [-0.05, 0) is 36.2 Å². The van der Waals surface area contributed by atoms with Gasteiger partial charge in [0.15, 0.2) is 0 Å². The van der Waals surface area contributed by atoms with E-state index in [0.717, 1.165) is 17.7 Å². The van der Waals surface area contributed by atoms with Gasteiger partial charge in [0.25, 0.3) is 5.91 Å². The number of carbonyl (C=O) groups is 1. The summed E-state index contributed by atoms with van der Waals surface area (Å²) in [5.74, 6) is -0.0174. The molecule has 0 saturated heterocycles. The smallest absolute Gasteiger partial charge is 0.253 e. The average Bonchev–Trinajstić information content (AvgIpc) is 2.53. The van der Waals surface area contributed by atoms with E-state index in [1.54, 1.807) is 42.7 Å². The fourth-order valence-corrected chi connectivity index (χ4v) is 1.89. The normalized spacial score (nSPS) is 10.3. The van der Waals surface area contributed by atoms with E-state index in [1.807, 2.05) is 12.1 Å². The van der Waals surface area contributed by atoms with Crippen molar-refractivity contribution in [3.8, 4) is 0 Å². The summed E-state index contributed by atoms with van der Waals surface area (Å²) < 4.78 is 0. The fourth-order valence-electron chi connectivity index (χ4n) is 1.89. The first-order chi connectivity index (χ1) is 9.70. The van der Waals surface area contributed by atoms with Gasteiger partial charge >= 0.3 is 0 Å². The van der Waals surface area contributed by atoms with Crippen LogP contribution in [-0.4, -0.2) is 34.4 Å². The number of pyridine rings is 2. The molecule has 2 N–H and O–H groups in total. The van der Waals surface area contributed by atoms with Gasteiger partial charge in [0.2, 0.25) is 0 Å². The molecule has 0 radical (unpaired) electrons. The van der Waals surface area contributed by atoms with Crippen LogP contribution in [0.2, 0.25) is 0 Å². The quantitative estimate of drug-likeness (QED) is 0.887. The molecule has 0 aliphatic heterocycles. The SMILES string of the molecule is CN(CCc1ccncc1)C(=O)c1ccnc(CN)c1. The summed E-state index contributed by atoms with van der Waals surface area (Å²) in [6, 6.07) is 7.37. The molecule has 0 saturated carbocycles. The minimum absolute atomic E-state index is 0.0174. The van der Waals surface area contributed by atoms with E-state index >= 15 is 0 Å². The van der Waals surface area contributed by atoms with Crippen LogP contribution < -0.4 is 5.73 Å². The van der Waals surface area contributed by atoms with E-state index in [-0.39, 0.29) is 5.91 Å². The lowest BCUT2D eigenvalue weighted by atomic mass is 10.1. The molecule has 0 aliphatic carbocycles. The molecule has 0 unspecified atom stereocenters. The highest BCUT2D eigenvalue weighted by atomic mass is 16.2. The molecule has 5 nitrogen and oxygen atoms in total. The zero-order valence-electron chi connectivity index (χ0n) is 11.5. The summed E-state index contributed by atoms with van der Waals surface area (Å²) in [6.07, 6.45) is 5.94. The van der Waals surface area contributed by atoms with Crippen LogP contribution in [0.3, 0.4) is 0 Å². The van der Waals surface area contributed by atoms with Crippen molar-refractivity contribution in [2.45, 2.75) is 13.0 Å². The van der Waals surface area contributed by atoms with Crippen molar-refractivity contribution in [1.29, 1.82) is 0 Å². The third-order valence-electron chi connectivity index (χ3n) is 3.10. The molecule has 0 bridgehead atoms. The Morgan fingerprint density at radius 2 is 2.00 bits per heavy atom. The first-order valence-corrected chi connectivity index (χ1v) is 6.50. The summed E-state index contributed by atoms with van der Waals surface area (Å²) in [6.45, 7) is 0.991. The van der Waals surface area contributed by atoms with Crippen molar-refractivity contribution in [2.24, 2.45) is 5.73 Å². The van der Waals surface area contributed by atoms with Crippen LogP contribution in [0.5, 0.6) is 0 Å². The number of hydrogen-bond acceptors (Lipinski definition) is 4. The number of likely N-dealkylation sites (N-methyl/N-ethyl adjacent to an activating group) is 1. The highest BCUT2D eigenvalue weighted by Gasteiger charge is 2.12.